The molecule has 0 spiro atoms. The molecule has 36 heavy (non-hydrogen) atoms. The molecule has 0 atom stereocenters. The Morgan fingerprint density at radius 3 is 2.36 bits per heavy atom. The van der Waals surface area contributed by atoms with Gasteiger partial charge in [0, 0.05) is 29.9 Å². The van der Waals surface area contributed by atoms with E-state index in [1.807, 2.05) is 12.1 Å². The van der Waals surface area contributed by atoms with Crippen LogP contribution in [-0.2, 0) is 17.4 Å². The maximum absolute atomic E-state index is 13.9. The number of carboxylic acid groups (broad SMARTS) is 1. The number of aromatic nitrogens is 2. The van der Waals surface area contributed by atoms with Gasteiger partial charge in [-0.25, -0.2) is 4.39 Å². The molecule has 1 saturated carbocycles. The summed E-state index contributed by atoms with van der Waals surface area (Å²) >= 11 is 0. The largest absolute Gasteiger partial charge is 0.481 e. The molecule has 6 nitrogen and oxygen atoms in total. The Balaban J connectivity index is 1.33. The van der Waals surface area contributed by atoms with Crippen molar-refractivity contribution in [2.75, 3.05) is 18.0 Å². The first-order chi connectivity index (χ1) is 17.1. The van der Waals surface area contributed by atoms with Crippen LogP contribution >= 0.6 is 0 Å². The molecular formula is C26H25F4N3O3. The molecule has 5 rings (SSSR count). The lowest BCUT2D eigenvalue weighted by atomic mass is 9.96. The summed E-state index contributed by atoms with van der Waals surface area (Å²) in [5, 5.41) is 13.2. The zero-order chi connectivity index (χ0) is 25.5. The van der Waals surface area contributed by atoms with Crippen molar-refractivity contribution in [3.63, 3.8) is 0 Å². The number of carbonyl (C=O) groups is 1. The molecule has 0 unspecified atom stereocenters. The van der Waals surface area contributed by atoms with E-state index in [4.69, 9.17) is 4.52 Å². The zero-order valence-electron chi connectivity index (χ0n) is 19.4. The maximum atomic E-state index is 13.9. The average Bonchev–Trinajstić information content (AvgIpc) is 3.50. The lowest BCUT2D eigenvalue weighted by Crippen LogP contribution is -2.35. The van der Waals surface area contributed by atoms with Gasteiger partial charge < -0.3 is 14.5 Å². The Morgan fingerprint density at radius 1 is 1.08 bits per heavy atom. The predicted molar refractivity (Wildman–Crippen MR) is 124 cm³/mol. The summed E-state index contributed by atoms with van der Waals surface area (Å²) in [6, 6.07) is 11.1. The zero-order valence-corrected chi connectivity index (χ0v) is 19.4. The van der Waals surface area contributed by atoms with Gasteiger partial charge in [-0.1, -0.05) is 17.3 Å². The number of alkyl halides is 4. The van der Waals surface area contributed by atoms with Crippen LogP contribution in [0.5, 0.6) is 0 Å². The minimum absolute atomic E-state index is 0.0216. The second-order valence-corrected chi connectivity index (χ2v) is 9.60. The monoisotopic (exact) mass is 503 g/mol. The van der Waals surface area contributed by atoms with Crippen LogP contribution in [0.25, 0.3) is 22.8 Å². The van der Waals surface area contributed by atoms with Gasteiger partial charge >= 0.3 is 12.1 Å². The Hall–Kier alpha value is -3.43. The van der Waals surface area contributed by atoms with Gasteiger partial charge in [-0.2, -0.15) is 18.2 Å². The molecule has 10 heteroatoms. The number of hydrogen-bond donors (Lipinski definition) is 1. The smallest absolute Gasteiger partial charge is 0.418 e. The Morgan fingerprint density at radius 2 is 1.75 bits per heavy atom. The number of aryl methyl sites for hydroxylation is 1. The third-order valence-corrected chi connectivity index (χ3v) is 7.15. The standard InChI is InChI=1S/C26H25F4N3O3/c27-19-8-13-33(14-9-19)21-6-5-18(15-20(21)26(28,29)30)22-31-23(36-32-22)17-3-1-16(2-4-17)7-10-25(11-12-25)24(34)35/h1-6,15,19H,7-14H2,(H,34,35). The molecule has 1 aromatic heterocycles. The normalized spacial score (nSPS) is 17.8. The number of carboxylic acids is 1. The third-order valence-electron chi connectivity index (χ3n) is 7.15. The van der Waals surface area contributed by atoms with Gasteiger partial charge in [-0.15, -0.1) is 0 Å². The van der Waals surface area contributed by atoms with Crippen LogP contribution in [0.4, 0.5) is 23.2 Å². The molecule has 190 valence electrons. The molecule has 2 heterocycles. The van der Waals surface area contributed by atoms with Crippen molar-refractivity contribution in [1.29, 1.82) is 0 Å². The number of halogens is 4. The van der Waals surface area contributed by atoms with Crippen LogP contribution < -0.4 is 4.90 Å². The number of aliphatic carboxylic acids is 1. The fraction of sp³-hybridized carbons (Fsp3) is 0.423. The molecule has 3 aromatic rings. The van der Waals surface area contributed by atoms with E-state index >= 15 is 0 Å². The predicted octanol–water partition coefficient (Wildman–Crippen LogP) is 6.16. The first-order valence-corrected chi connectivity index (χ1v) is 11.9. The van der Waals surface area contributed by atoms with Crippen LogP contribution in [0.1, 0.15) is 43.2 Å². The number of nitrogens with zero attached hydrogens (tertiary/aromatic N) is 3. The van der Waals surface area contributed by atoms with Gasteiger partial charge in [0.25, 0.3) is 5.89 Å². The van der Waals surface area contributed by atoms with Gasteiger partial charge in [0.15, 0.2) is 0 Å². The van der Waals surface area contributed by atoms with Crippen molar-refractivity contribution in [3.05, 3.63) is 53.6 Å². The highest BCUT2D eigenvalue weighted by Gasteiger charge is 2.49. The van der Waals surface area contributed by atoms with E-state index < -0.39 is 29.3 Å². The summed E-state index contributed by atoms with van der Waals surface area (Å²) in [4.78, 5) is 17.2. The van der Waals surface area contributed by atoms with E-state index in [-0.39, 0.29) is 48.9 Å². The van der Waals surface area contributed by atoms with E-state index in [2.05, 4.69) is 10.1 Å². The molecule has 1 aliphatic heterocycles. The lowest BCUT2D eigenvalue weighted by molar-refractivity contribution is -0.143. The Bertz CT molecular complexity index is 1240. The molecule has 1 N–H and O–H groups in total. The van der Waals surface area contributed by atoms with Gasteiger partial charge in [-0.3, -0.25) is 4.79 Å². The summed E-state index contributed by atoms with van der Waals surface area (Å²) in [7, 11) is 0. The first-order valence-electron chi connectivity index (χ1n) is 11.9. The average molecular weight is 503 g/mol. The summed E-state index contributed by atoms with van der Waals surface area (Å²) in [6.07, 6.45) is -2.55. The molecule has 0 bridgehead atoms. The maximum Gasteiger partial charge on any atom is 0.418 e. The van der Waals surface area contributed by atoms with Crippen molar-refractivity contribution in [1.82, 2.24) is 10.1 Å². The molecular weight excluding hydrogens is 478 g/mol. The summed E-state index contributed by atoms with van der Waals surface area (Å²) < 4.78 is 60.4. The summed E-state index contributed by atoms with van der Waals surface area (Å²) in [5.74, 6) is -0.544. The van der Waals surface area contributed by atoms with E-state index in [1.54, 1.807) is 17.0 Å². The van der Waals surface area contributed by atoms with E-state index in [1.165, 1.54) is 12.1 Å². The van der Waals surface area contributed by atoms with Gasteiger partial charge in [0.1, 0.15) is 6.17 Å². The third kappa shape index (κ3) is 4.94. The summed E-state index contributed by atoms with van der Waals surface area (Å²) in [6.45, 7) is 0.451. The lowest BCUT2D eigenvalue weighted by Gasteiger charge is -2.32. The SMILES string of the molecule is O=C(O)C1(CCc2ccc(-c3nc(-c4ccc(N5CCC(F)CC5)c(C(F)(F)F)c4)no3)cc2)CC1. The van der Waals surface area contributed by atoms with Crippen molar-refractivity contribution < 1.29 is 32.0 Å². The topological polar surface area (TPSA) is 79.5 Å². The molecule has 2 aliphatic rings. The fourth-order valence-electron chi connectivity index (χ4n) is 4.64. The Labute approximate surface area is 204 Å². The minimum atomic E-state index is -4.60. The molecule has 0 radical (unpaired) electrons. The molecule has 0 amide bonds. The van der Waals surface area contributed by atoms with Crippen LogP contribution in [0.15, 0.2) is 47.0 Å². The van der Waals surface area contributed by atoms with Crippen LogP contribution in [0.3, 0.4) is 0 Å². The minimum Gasteiger partial charge on any atom is -0.481 e. The molecule has 2 aromatic carbocycles. The summed E-state index contributed by atoms with van der Waals surface area (Å²) in [5.41, 5.74) is 0.374. The highest BCUT2D eigenvalue weighted by molar-refractivity contribution is 5.77. The van der Waals surface area contributed by atoms with Gasteiger partial charge in [0.2, 0.25) is 5.82 Å². The fourth-order valence-corrected chi connectivity index (χ4v) is 4.64. The number of benzene rings is 2. The first kappa shape index (κ1) is 24.3. The van der Waals surface area contributed by atoms with E-state index in [0.29, 0.717) is 31.2 Å². The second kappa shape index (κ2) is 9.22. The van der Waals surface area contributed by atoms with Crippen molar-refractivity contribution in [3.8, 4) is 22.8 Å². The van der Waals surface area contributed by atoms with Crippen molar-refractivity contribution >= 4 is 11.7 Å². The van der Waals surface area contributed by atoms with Crippen molar-refractivity contribution in [2.24, 2.45) is 5.41 Å². The Kier molecular flexibility index (Phi) is 6.22. The van der Waals surface area contributed by atoms with Crippen LogP contribution in [-0.4, -0.2) is 40.5 Å². The molecule has 2 fully saturated rings. The highest BCUT2D eigenvalue weighted by atomic mass is 19.4. The quantitative estimate of drug-likeness (QED) is 0.389. The molecule has 1 saturated heterocycles. The number of anilines is 1. The second-order valence-electron chi connectivity index (χ2n) is 9.60. The highest BCUT2D eigenvalue weighted by Crippen LogP contribution is 2.49. The van der Waals surface area contributed by atoms with Gasteiger partial charge in [0.05, 0.1) is 11.0 Å². The number of hydrogen-bond acceptors (Lipinski definition) is 5. The number of piperidine rings is 1. The van der Waals surface area contributed by atoms with Gasteiger partial charge in [-0.05, 0) is 74.4 Å². The number of rotatable bonds is 7. The van der Waals surface area contributed by atoms with E-state index in [0.717, 1.165) is 11.6 Å². The van der Waals surface area contributed by atoms with Crippen LogP contribution in [0, 0.1) is 5.41 Å². The van der Waals surface area contributed by atoms with Crippen molar-refractivity contribution in [2.45, 2.75) is 50.9 Å². The van der Waals surface area contributed by atoms with E-state index in [9.17, 15) is 27.5 Å². The molecule has 1 aliphatic carbocycles. The van der Waals surface area contributed by atoms with Crippen LogP contribution in [0.2, 0.25) is 0 Å².